The van der Waals surface area contributed by atoms with Crippen LogP contribution in [0.15, 0.2) is 18.2 Å². The van der Waals surface area contributed by atoms with Crippen LogP contribution in [0.1, 0.15) is 31.9 Å². The van der Waals surface area contributed by atoms with Crippen LogP contribution in [0.5, 0.6) is 0 Å². The molecular weight excluding hydrogens is 353 g/mol. The van der Waals surface area contributed by atoms with Gasteiger partial charge >= 0.3 is 0 Å². The molecule has 23 heavy (non-hydrogen) atoms. The van der Waals surface area contributed by atoms with Gasteiger partial charge in [-0.05, 0) is 30.0 Å². The minimum absolute atomic E-state index is 0. The van der Waals surface area contributed by atoms with Crippen LogP contribution in [0.25, 0.3) is 0 Å². The maximum atomic E-state index is 6.60. The van der Waals surface area contributed by atoms with E-state index in [1.807, 2.05) is 14.1 Å². The van der Waals surface area contributed by atoms with Gasteiger partial charge in [0.15, 0.2) is 0 Å². The van der Waals surface area contributed by atoms with Crippen molar-refractivity contribution in [3.63, 3.8) is 0 Å². The van der Waals surface area contributed by atoms with Gasteiger partial charge < -0.3 is 10.2 Å². The van der Waals surface area contributed by atoms with E-state index in [4.69, 9.17) is 11.6 Å². The molecule has 134 valence electrons. The molecule has 1 aliphatic rings. The van der Waals surface area contributed by atoms with E-state index in [0.29, 0.717) is 12.0 Å². The van der Waals surface area contributed by atoms with E-state index in [9.17, 15) is 0 Å². The lowest BCUT2D eigenvalue weighted by Gasteiger charge is -2.36. The van der Waals surface area contributed by atoms with Crippen LogP contribution >= 0.6 is 36.4 Å². The summed E-state index contributed by atoms with van der Waals surface area (Å²) in [5, 5.41) is 4.33. The van der Waals surface area contributed by atoms with Gasteiger partial charge in [-0.15, -0.1) is 24.8 Å². The fourth-order valence-electron chi connectivity index (χ4n) is 2.98. The van der Waals surface area contributed by atoms with Gasteiger partial charge in [-0.25, -0.2) is 0 Å². The first-order chi connectivity index (χ1) is 9.99. The van der Waals surface area contributed by atoms with Crippen molar-refractivity contribution in [3.05, 3.63) is 28.8 Å². The van der Waals surface area contributed by atoms with Crippen LogP contribution < -0.4 is 10.2 Å². The number of benzene rings is 1. The molecule has 1 saturated heterocycles. The molecule has 0 spiro atoms. The number of anilines is 1. The molecule has 2 rings (SSSR count). The number of piperazine rings is 1. The molecule has 1 aromatic carbocycles. The van der Waals surface area contributed by atoms with Crippen molar-refractivity contribution < 1.29 is 0 Å². The predicted octanol–water partition coefficient (Wildman–Crippen LogP) is 4.24. The zero-order valence-electron chi connectivity index (χ0n) is 14.5. The summed E-state index contributed by atoms with van der Waals surface area (Å²) in [6, 6.07) is 6.91. The molecule has 1 N–H and O–H groups in total. The second-order valence-electron chi connectivity index (χ2n) is 6.53. The van der Waals surface area contributed by atoms with E-state index < -0.39 is 0 Å². The Morgan fingerprint density at radius 2 is 1.78 bits per heavy atom. The van der Waals surface area contributed by atoms with Crippen LogP contribution in [-0.4, -0.2) is 45.2 Å². The molecule has 1 heterocycles. The van der Waals surface area contributed by atoms with Gasteiger partial charge in [-0.2, -0.15) is 0 Å². The Morgan fingerprint density at radius 1 is 1.17 bits per heavy atom. The summed E-state index contributed by atoms with van der Waals surface area (Å²) in [4.78, 5) is 4.67. The van der Waals surface area contributed by atoms with Crippen molar-refractivity contribution in [1.29, 1.82) is 0 Å². The van der Waals surface area contributed by atoms with Gasteiger partial charge in [-0.1, -0.05) is 31.5 Å². The minimum Gasteiger partial charge on any atom is -0.378 e. The third-order valence-corrected chi connectivity index (χ3v) is 4.47. The number of rotatable bonds is 5. The van der Waals surface area contributed by atoms with Gasteiger partial charge in [0, 0.05) is 57.0 Å². The molecular formula is C17H30Cl3N3. The second kappa shape index (κ2) is 10.6. The molecule has 1 aromatic rings. The standard InChI is InChI=1S/C17H28ClN3.2ClH/c1-13(2)11-17(21-9-7-19-8-10-21)15-6-5-14(20(3)4)12-16(15)18;;/h5-6,12-13,17,19H,7-11H2,1-4H3;2*1H/t17-;;/m1../s1. The van der Waals surface area contributed by atoms with Crippen LogP contribution in [0.2, 0.25) is 5.02 Å². The second-order valence-corrected chi connectivity index (χ2v) is 6.94. The number of hydrogen-bond donors (Lipinski definition) is 1. The lowest BCUT2D eigenvalue weighted by atomic mass is 9.94. The van der Waals surface area contributed by atoms with E-state index >= 15 is 0 Å². The SMILES string of the molecule is CC(C)C[C@H](c1ccc(N(C)C)cc1Cl)N1CCNCC1.Cl.Cl. The molecule has 1 aliphatic heterocycles. The van der Waals surface area contributed by atoms with Gasteiger partial charge in [0.25, 0.3) is 0 Å². The Bertz CT molecular complexity index is 460. The summed E-state index contributed by atoms with van der Waals surface area (Å²) < 4.78 is 0. The van der Waals surface area contributed by atoms with E-state index in [2.05, 4.69) is 47.2 Å². The highest BCUT2D eigenvalue weighted by molar-refractivity contribution is 6.31. The Hall–Kier alpha value is -0.190. The molecule has 6 heteroatoms. The number of halogens is 3. The summed E-state index contributed by atoms with van der Waals surface area (Å²) in [5.41, 5.74) is 2.44. The van der Waals surface area contributed by atoms with E-state index in [1.165, 1.54) is 5.56 Å². The normalized spacial score (nSPS) is 16.4. The smallest absolute Gasteiger partial charge is 0.0474 e. The van der Waals surface area contributed by atoms with E-state index in [0.717, 1.165) is 43.3 Å². The number of nitrogens with zero attached hydrogens (tertiary/aromatic N) is 2. The molecule has 0 amide bonds. The fourth-order valence-corrected chi connectivity index (χ4v) is 3.28. The van der Waals surface area contributed by atoms with Crippen molar-refractivity contribution in [2.45, 2.75) is 26.3 Å². The van der Waals surface area contributed by atoms with Crippen LogP contribution in [0.3, 0.4) is 0 Å². The largest absolute Gasteiger partial charge is 0.378 e. The molecule has 1 atom stereocenters. The summed E-state index contributed by atoms with van der Waals surface area (Å²) in [7, 11) is 4.10. The average Bonchev–Trinajstić information content (AvgIpc) is 2.45. The lowest BCUT2D eigenvalue weighted by molar-refractivity contribution is 0.154. The van der Waals surface area contributed by atoms with Crippen molar-refractivity contribution in [3.8, 4) is 0 Å². The predicted molar refractivity (Wildman–Crippen MR) is 107 cm³/mol. The Kier molecular flexibility index (Phi) is 10.5. The first kappa shape index (κ1) is 22.8. The van der Waals surface area contributed by atoms with E-state index in [-0.39, 0.29) is 24.8 Å². The maximum Gasteiger partial charge on any atom is 0.0474 e. The molecule has 0 aliphatic carbocycles. The summed E-state index contributed by atoms with van der Waals surface area (Å²) in [6.45, 7) is 8.92. The van der Waals surface area contributed by atoms with Crippen LogP contribution in [-0.2, 0) is 0 Å². The first-order valence-corrected chi connectivity index (χ1v) is 8.28. The zero-order valence-corrected chi connectivity index (χ0v) is 16.9. The number of nitrogens with one attached hydrogen (secondary N) is 1. The van der Waals surface area contributed by atoms with E-state index in [1.54, 1.807) is 0 Å². The molecule has 0 unspecified atom stereocenters. The maximum absolute atomic E-state index is 6.60. The lowest BCUT2D eigenvalue weighted by Crippen LogP contribution is -2.45. The third-order valence-electron chi connectivity index (χ3n) is 4.15. The summed E-state index contributed by atoms with van der Waals surface area (Å²) in [6.07, 6.45) is 1.15. The molecule has 1 fully saturated rings. The Balaban J connectivity index is 0.00000242. The van der Waals surface area contributed by atoms with Crippen molar-refractivity contribution in [1.82, 2.24) is 10.2 Å². The third kappa shape index (κ3) is 6.32. The van der Waals surface area contributed by atoms with Gasteiger partial charge in [0.2, 0.25) is 0 Å². The molecule has 0 bridgehead atoms. The summed E-state index contributed by atoms with van der Waals surface area (Å²) in [5.74, 6) is 0.662. The summed E-state index contributed by atoms with van der Waals surface area (Å²) >= 11 is 6.60. The minimum atomic E-state index is 0. The quantitative estimate of drug-likeness (QED) is 0.821. The topological polar surface area (TPSA) is 18.5 Å². The average molecular weight is 383 g/mol. The highest BCUT2D eigenvalue weighted by Gasteiger charge is 2.25. The molecule has 3 nitrogen and oxygen atoms in total. The van der Waals surface area contributed by atoms with Crippen molar-refractivity contribution in [2.24, 2.45) is 5.92 Å². The molecule has 0 radical (unpaired) electrons. The van der Waals surface area contributed by atoms with Gasteiger partial charge in [0.05, 0.1) is 0 Å². The Morgan fingerprint density at radius 3 is 2.26 bits per heavy atom. The Labute approximate surface area is 158 Å². The van der Waals surface area contributed by atoms with Crippen molar-refractivity contribution in [2.75, 3.05) is 45.2 Å². The monoisotopic (exact) mass is 381 g/mol. The van der Waals surface area contributed by atoms with Crippen molar-refractivity contribution >= 4 is 42.1 Å². The van der Waals surface area contributed by atoms with Gasteiger partial charge in [0.1, 0.15) is 0 Å². The van der Waals surface area contributed by atoms with Gasteiger partial charge in [-0.3, -0.25) is 4.90 Å². The number of hydrogen-bond acceptors (Lipinski definition) is 3. The van der Waals surface area contributed by atoms with Crippen LogP contribution in [0, 0.1) is 5.92 Å². The highest BCUT2D eigenvalue weighted by Crippen LogP contribution is 2.34. The first-order valence-electron chi connectivity index (χ1n) is 7.90. The van der Waals surface area contributed by atoms with Crippen LogP contribution in [0.4, 0.5) is 5.69 Å². The fraction of sp³-hybridized carbons (Fsp3) is 0.647. The zero-order chi connectivity index (χ0) is 15.4. The molecule has 0 saturated carbocycles. The molecule has 0 aromatic heterocycles. The highest BCUT2D eigenvalue weighted by atomic mass is 35.5.